The van der Waals surface area contributed by atoms with Crippen molar-refractivity contribution in [2.45, 2.75) is 18.1 Å². The Balaban J connectivity index is 1.87. The maximum absolute atomic E-state index is 12.6. The molecule has 1 aliphatic carbocycles. The van der Waals surface area contributed by atoms with Gasteiger partial charge in [0.05, 0.1) is 22.5 Å². The van der Waals surface area contributed by atoms with Gasteiger partial charge in [-0.05, 0) is 35.8 Å². The summed E-state index contributed by atoms with van der Waals surface area (Å²) in [6, 6.07) is 4.98. The summed E-state index contributed by atoms with van der Waals surface area (Å²) < 4.78 is 37.9. The second kappa shape index (κ2) is 5.31. The fourth-order valence-corrected chi connectivity index (χ4v) is 2.69. The fourth-order valence-electron chi connectivity index (χ4n) is 2.69. The van der Waals surface area contributed by atoms with Crippen molar-refractivity contribution in [3.8, 4) is 0 Å². The van der Waals surface area contributed by atoms with Gasteiger partial charge in [0.25, 0.3) is 0 Å². The summed E-state index contributed by atoms with van der Waals surface area (Å²) in [6.45, 7) is 0. The number of halogens is 3. The van der Waals surface area contributed by atoms with E-state index >= 15 is 0 Å². The van der Waals surface area contributed by atoms with E-state index in [1.807, 2.05) is 18.2 Å². The molecule has 0 saturated carbocycles. The average molecular weight is 319 g/mol. The molecule has 0 radical (unpaired) electrons. The fraction of sp³-hybridized carbons (Fsp3) is 0.176. The Morgan fingerprint density at radius 2 is 1.83 bits per heavy atom. The van der Waals surface area contributed by atoms with E-state index in [2.05, 4.69) is 5.32 Å². The second-order valence-corrected chi connectivity index (χ2v) is 5.66. The minimum atomic E-state index is -4.34. The van der Waals surface area contributed by atoms with Crippen LogP contribution in [0, 0.1) is 0 Å². The molecule has 120 valence electrons. The van der Waals surface area contributed by atoms with Crippen LogP contribution in [0.2, 0.25) is 0 Å². The third-order valence-electron chi connectivity index (χ3n) is 4.00. The monoisotopic (exact) mass is 319 g/mol. The molecule has 23 heavy (non-hydrogen) atoms. The molecular formula is C17H16F3N3. The normalized spacial score (nSPS) is 23.4. The highest BCUT2D eigenvalue weighted by Crippen LogP contribution is 2.32. The van der Waals surface area contributed by atoms with Gasteiger partial charge in [0.2, 0.25) is 0 Å². The first-order valence-electron chi connectivity index (χ1n) is 7.08. The molecule has 1 aliphatic heterocycles. The van der Waals surface area contributed by atoms with Crippen molar-refractivity contribution in [3.63, 3.8) is 0 Å². The lowest BCUT2D eigenvalue weighted by molar-refractivity contribution is -0.137. The molecule has 0 aromatic heterocycles. The molecule has 0 bridgehead atoms. The molecule has 0 spiro atoms. The Kier molecular flexibility index (Phi) is 3.56. The lowest BCUT2D eigenvalue weighted by Crippen LogP contribution is -2.48. The minimum Gasteiger partial charge on any atom is -0.399 e. The summed E-state index contributed by atoms with van der Waals surface area (Å²) in [4.78, 5) is 0. The molecule has 1 aromatic rings. The summed E-state index contributed by atoms with van der Waals surface area (Å²) in [5.74, 6) is 0. The maximum atomic E-state index is 12.6. The zero-order valence-corrected chi connectivity index (χ0v) is 12.2. The van der Waals surface area contributed by atoms with Crippen LogP contribution in [0.3, 0.4) is 0 Å². The SMILES string of the molecule is NC1=C2NC=CC=C2C=CC1(N)Cc1ccc(C(F)(F)F)cc1. The summed E-state index contributed by atoms with van der Waals surface area (Å²) in [6.07, 6.45) is 5.15. The van der Waals surface area contributed by atoms with Crippen LogP contribution < -0.4 is 16.8 Å². The predicted octanol–water partition coefficient (Wildman–Crippen LogP) is 2.73. The van der Waals surface area contributed by atoms with E-state index < -0.39 is 17.3 Å². The quantitative estimate of drug-likeness (QED) is 0.785. The van der Waals surface area contributed by atoms with Gasteiger partial charge >= 0.3 is 6.18 Å². The number of benzene rings is 1. The number of rotatable bonds is 2. The van der Waals surface area contributed by atoms with Gasteiger partial charge in [-0.3, -0.25) is 0 Å². The molecule has 1 aromatic carbocycles. The number of allylic oxidation sites excluding steroid dienone is 3. The summed E-state index contributed by atoms with van der Waals surface area (Å²) >= 11 is 0. The van der Waals surface area contributed by atoms with E-state index in [0.717, 1.165) is 23.4 Å². The number of hydrogen-bond acceptors (Lipinski definition) is 3. The van der Waals surface area contributed by atoms with Crippen molar-refractivity contribution in [1.29, 1.82) is 0 Å². The number of hydrogen-bond donors (Lipinski definition) is 3. The van der Waals surface area contributed by atoms with Crippen molar-refractivity contribution in [2.24, 2.45) is 11.5 Å². The lowest BCUT2D eigenvalue weighted by Gasteiger charge is -2.33. The van der Waals surface area contributed by atoms with Gasteiger partial charge in [-0.1, -0.05) is 30.4 Å². The minimum absolute atomic E-state index is 0.315. The highest BCUT2D eigenvalue weighted by molar-refractivity contribution is 5.54. The first-order valence-corrected chi connectivity index (χ1v) is 7.08. The Hall–Kier alpha value is -2.47. The van der Waals surface area contributed by atoms with Crippen molar-refractivity contribution in [3.05, 3.63) is 82.9 Å². The van der Waals surface area contributed by atoms with Crippen molar-refractivity contribution < 1.29 is 13.2 Å². The second-order valence-electron chi connectivity index (χ2n) is 5.66. The maximum Gasteiger partial charge on any atom is 0.416 e. The smallest absolute Gasteiger partial charge is 0.399 e. The standard InChI is InChI=1S/C17H16F3N3/c18-17(19,20)13-5-3-11(4-6-13)10-16(22)8-7-12-2-1-9-23-14(12)15(16)21/h1-9,23H,10,21-22H2. The highest BCUT2D eigenvalue weighted by Gasteiger charge is 2.33. The van der Waals surface area contributed by atoms with Crippen molar-refractivity contribution >= 4 is 0 Å². The topological polar surface area (TPSA) is 64.1 Å². The van der Waals surface area contributed by atoms with Crippen LogP contribution in [0.1, 0.15) is 11.1 Å². The first-order chi connectivity index (χ1) is 10.8. The highest BCUT2D eigenvalue weighted by atomic mass is 19.4. The summed E-state index contributed by atoms with van der Waals surface area (Å²) in [7, 11) is 0. The Labute approximate surface area is 131 Å². The van der Waals surface area contributed by atoms with E-state index in [9.17, 15) is 13.2 Å². The lowest BCUT2D eigenvalue weighted by atomic mass is 9.82. The van der Waals surface area contributed by atoms with E-state index in [0.29, 0.717) is 17.7 Å². The zero-order chi connectivity index (χ0) is 16.7. The summed E-state index contributed by atoms with van der Waals surface area (Å²) in [5, 5.41) is 3.07. The van der Waals surface area contributed by atoms with Crippen LogP contribution in [-0.4, -0.2) is 5.54 Å². The van der Waals surface area contributed by atoms with Crippen molar-refractivity contribution in [2.75, 3.05) is 0 Å². The molecule has 1 unspecified atom stereocenters. The van der Waals surface area contributed by atoms with Gasteiger partial charge < -0.3 is 16.8 Å². The average Bonchev–Trinajstić information content (AvgIpc) is 2.51. The zero-order valence-electron chi connectivity index (χ0n) is 12.2. The van der Waals surface area contributed by atoms with E-state index in [1.54, 1.807) is 12.3 Å². The molecule has 3 nitrogen and oxygen atoms in total. The molecule has 3 rings (SSSR count). The van der Waals surface area contributed by atoms with Crippen LogP contribution in [0.25, 0.3) is 0 Å². The van der Waals surface area contributed by atoms with Gasteiger partial charge in [0.15, 0.2) is 0 Å². The summed E-state index contributed by atoms with van der Waals surface area (Å²) in [5.41, 5.74) is 13.8. The van der Waals surface area contributed by atoms with Gasteiger partial charge in [-0.25, -0.2) is 0 Å². The van der Waals surface area contributed by atoms with Crippen molar-refractivity contribution in [1.82, 2.24) is 5.32 Å². The molecule has 0 fully saturated rings. The van der Waals surface area contributed by atoms with Gasteiger partial charge in [0.1, 0.15) is 0 Å². The van der Waals surface area contributed by atoms with Gasteiger partial charge in [0, 0.05) is 6.20 Å². The number of alkyl halides is 3. The molecule has 1 atom stereocenters. The number of nitrogens with one attached hydrogen (secondary N) is 1. The molecule has 6 heteroatoms. The van der Waals surface area contributed by atoms with Crippen LogP contribution in [-0.2, 0) is 12.6 Å². The molecular weight excluding hydrogens is 303 g/mol. The van der Waals surface area contributed by atoms with Crippen LogP contribution in [0.4, 0.5) is 13.2 Å². The largest absolute Gasteiger partial charge is 0.416 e. The molecule has 0 amide bonds. The number of dihydropyridines is 1. The Morgan fingerprint density at radius 1 is 1.13 bits per heavy atom. The van der Waals surface area contributed by atoms with E-state index in [4.69, 9.17) is 11.5 Å². The molecule has 2 aliphatic rings. The van der Waals surface area contributed by atoms with Gasteiger partial charge in [-0.2, -0.15) is 13.2 Å². The number of nitrogens with two attached hydrogens (primary N) is 2. The van der Waals surface area contributed by atoms with Crippen LogP contribution in [0.15, 0.2) is 71.7 Å². The number of fused-ring (bicyclic) bond motifs is 1. The first kappa shape index (κ1) is 15.4. The Morgan fingerprint density at radius 3 is 2.48 bits per heavy atom. The van der Waals surface area contributed by atoms with Crippen LogP contribution in [0.5, 0.6) is 0 Å². The van der Waals surface area contributed by atoms with Gasteiger partial charge in [-0.15, -0.1) is 0 Å². The third-order valence-corrected chi connectivity index (χ3v) is 4.00. The van der Waals surface area contributed by atoms with E-state index in [1.165, 1.54) is 12.1 Å². The Bertz CT molecular complexity index is 739. The predicted molar refractivity (Wildman–Crippen MR) is 82.8 cm³/mol. The van der Waals surface area contributed by atoms with Crippen LogP contribution >= 0.6 is 0 Å². The third kappa shape index (κ3) is 2.90. The molecule has 5 N–H and O–H groups in total. The molecule has 1 heterocycles. The van der Waals surface area contributed by atoms with E-state index in [-0.39, 0.29) is 0 Å². The molecule has 0 saturated heterocycles.